The molecule has 0 atom stereocenters. The van der Waals surface area contributed by atoms with E-state index in [1.807, 2.05) is 38.1 Å². The van der Waals surface area contributed by atoms with Crippen molar-refractivity contribution in [1.29, 1.82) is 0 Å². The van der Waals surface area contributed by atoms with Crippen molar-refractivity contribution in [3.63, 3.8) is 0 Å². The zero-order valence-electron chi connectivity index (χ0n) is 16.2. The van der Waals surface area contributed by atoms with Gasteiger partial charge in [-0.15, -0.1) is 0 Å². The second-order valence-electron chi connectivity index (χ2n) is 7.28. The van der Waals surface area contributed by atoms with Crippen LogP contribution in [0.4, 0.5) is 11.4 Å². The van der Waals surface area contributed by atoms with Crippen molar-refractivity contribution in [2.75, 3.05) is 10.6 Å². The lowest BCUT2D eigenvalue weighted by molar-refractivity contribution is -0.117. The molecule has 1 heterocycles. The van der Waals surface area contributed by atoms with E-state index in [0.29, 0.717) is 27.7 Å². The summed E-state index contributed by atoms with van der Waals surface area (Å²) in [7, 11) is 0. The number of anilines is 2. The van der Waals surface area contributed by atoms with Gasteiger partial charge >= 0.3 is 0 Å². The summed E-state index contributed by atoms with van der Waals surface area (Å²) < 4.78 is 1.68. The number of carbonyl (C=O) groups excluding carboxylic acids is 2. The van der Waals surface area contributed by atoms with Gasteiger partial charge in [-0.3, -0.25) is 9.59 Å². The van der Waals surface area contributed by atoms with Gasteiger partial charge in [0.2, 0.25) is 5.91 Å². The van der Waals surface area contributed by atoms with Gasteiger partial charge in [0.15, 0.2) is 0 Å². The quantitative estimate of drug-likeness (QED) is 0.640. The molecule has 1 aromatic heterocycles. The van der Waals surface area contributed by atoms with E-state index >= 15 is 0 Å². The van der Waals surface area contributed by atoms with Crippen LogP contribution in [0, 0.1) is 19.8 Å². The number of hydrogen-bond acceptors (Lipinski definition) is 3. The molecule has 7 heteroatoms. The Morgan fingerprint density at radius 2 is 1.90 bits per heavy atom. The average Bonchev–Trinajstić information content (AvgIpc) is 3.47. The number of aryl methyl sites for hydroxylation is 1. The van der Waals surface area contributed by atoms with Gasteiger partial charge in [0.25, 0.3) is 5.91 Å². The molecule has 0 unspecified atom stereocenters. The minimum absolute atomic E-state index is 0.0322. The standard InChI is InChI=1S/C22H21ClN4O2/c1-13-6-9-17(25-21(28)15-7-8-15)11-20(13)26-22(29)19-12-24-27(14(19)2)18-5-3-4-16(23)10-18/h3-6,9-12,15H,7-8H2,1-2H3,(H,25,28)(H,26,29). The zero-order valence-corrected chi connectivity index (χ0v) is 17.0. The lowest BCUT2D eigenvalue weighted by Gasteiger charge is -2.12. The van der Waals surface area contributed by atoms with Crippen LogP contribution < -0.4 is 10.6 Å². The van der Waals surface area contributed by atoms with Gasteiger partial charge in [0, 0.05) is 22.3 Å². The molecule has 1 aliphatic carbocycles. The van der Waals surface area contributed by atoms with Crippen LogP contribution in [0.3, 0.4) is 0 Å². The SMILES string of the molecule is Cc1ccc(NC(=O)C2CC2)cc1NC(=O)c1cnn(-c2cccc(Cl)c2)c1C. The van der Waals surface area contributed by atoms with Crippen LogP contribution >= 0.6 is 11.6 Å². The van der Waals surface area contributed by atoms with E-state index in [9.17, 15) is 9.59 Å². The van der Waals surface area contributed by atoms with E-state index in [0.717, 1.165) is 24.1 Å². The first-order valence-corrected chi connectivity index (χ1v) is 9.83. The van der Waals surface area contributed by atoms with Gasteiger partial charge in [-0.2, -0.15) is 5.10 Å². The third-order valence-electron chi connectivity index (χ3n) is 5.01. The highest BCUT2D eigenvalue weighted by molar-refractivity contribution is 6.30. The average molecular weight is 409 g/mol. The molecule has 1 saturated carbocycles. The molecule has 29 heavy (non-hydrogen) atoms. The summed E-state index contributed by atoms with van der Waals surface area (Å²) in [5.41, 5.74) is 4.20. The maximum absolute atomic E-state index is 12.9. The largest absolute Gasteiger partial charge is 0.326 e. The molecule has 4 rings (SSSR count). The van der Waals surface area contributed by atoms with Crippen molar-refractivity contribution >= 4 is 34.8 Å². The summed E-state index contributed by atoms with van der Waals surface area (Å²) in [6.45, 7) is 3.74. The molecule has 3 aromatic rings. The Morgan fingerprint density at radius 3 is 2.62 bits per heavy atom. The number of halogens is 1. The second kappa shape index (κ2) is 7.72. The predicted octanol–water partition coefficient (Wildman–Crippen LogP) is 4.74. The van der Waals surface area contributed by atoms with Gasteiger partial charge in [-0.1, -0.05) is 23.7 Å². The molecule has 6 nitrogen and oxygen atoms in total. The van der Waals surface area contributed by atoms with E-state index in [4.69, 9.17) is 11.6 Å². The minimum atomic E-state index is -0.260. The molecule has 2 aromatic carbocycles. The summed E-state index contributed by atoms with van der Waals surface area (Å²) in [5, 5.41) is 10.8. The molecular formula is C22H21ClN4O2. The van der Waals surface area contributed by atoms with Crippen LogP contribution in [-0.4, -0.2) is 21.6 Å². The fourth-order valence-corrected chi connectivity index (χ4v) is 3.30. The number of hydrogen-bond donors (Lipinski definition) is 2. The molecule has 2 N–H and O–H groups in total. The lowest BCUT2D eigenvalue weighted by atomic mass is 10.1. The number of nitrogens with zero attached hydrogens (tertiary/aromatic N) is 2. The number of nitrogens with one attached hydrogen (secondary N) is 2. The van der Waals surface area contributed by atoms with Crippen molar-refractivity contribution in [1.82, 2.24) is 9.78 Å². The highest BCUT2D eigenvalue weighted by atomic mass is 35.5. The maximum Gasteiger partial charge on any atom is 0.259 e. The van der Waals surface area contributed by atoms with Crippen molar-refractivity contribution < 1.29 is 9.59 Å². The third kappa shape index (κ3) is 4.17. The smallest absolute Gasteiger partial charge is 0.259 e. The molecule has 0 bridgehead atoms. The van der Waals surface area contributed by atoms with Crippen LogP contribution in [0.25, 0.3) is 5.69 Å². The van der Waals surface area contributed by atoms with E-state index in [1.54, 1.807) is 29.1 Å². The van der Waals surface area contributed by atoms with Crippen molar-refractivity contribution in [2.24, 2.45) is 5.92 Å². The summed E-state index contributed by atoms with van der Waals surface area (Å²) in [5.74, 6) is -0.108. The van der Waals surface area contributed by atoms with Crippen LogP contribution in [0.2, 0.25) is 5.02 Å². The summed E-state index contributed by atoms with van der Waals surface area (Å²) >= 11 is 6.07. The number of rotatable bonds is 5. The Bertz CT molecular complexity index is 1100. The van der Waals surface area contributed by atoms with E-state index < -0.39 is 0 Å². The third-order valence-corrected chi connectivity index (χ3v) is 5.24. The topological polar surface area (TPSA) is 76.0 Å². The minimum Gasteiger partial charge on any atom is -0.326 e. The lowest BCUT2D eigenvalue weighted by Crippen LogP contribution is -2.16. The molecule has 0 radical (unpaired) electrons. The van der Waals surface area contributed by atoms with Crippen LogP contribution in [-0.2, 0) is 4.79 Å². The van der Waals surface area contributed by atoms with Gasteiger partial charge in [0.05, 0.1) is 23.1 Å². The Balaban J connectivity index is 1.54. The van der Waals surface area contributed by atoms with E-state index in [1.165, 1.54) is 0 Å². The first-order valence-electron chi connectivity index (χ1n) is 9.46. The molecule has 1 fully saturated rings. The number of amides is 2. The fourth-order valence-electron chi connectivity index (χ4n) is 3.11. The Kier molecular flexibility index (Phi) is 5.11. The summed E-state index contributed by atoms with van der Waals surface area (Å²) in [6, 6.07) is 12.8. The van der Waals surface area contributed by atoms with Crippen LogP contribution in [0.15, 0.2) is 48.7 Å². The van der Waals surface area contributed by atoms with Gasteiger partial charge < -0.3 is 10.6 Å². The predicted molar refractivity (Wildman–Crippen MR) is 114 cm³/mol. The fraction of sp³-hybridized carbons (Fsp3) is 0.227. The Hall–Kier alpha value is -3.12. The molecule has 0 aliphatic heterocycles. The summed E-state index contributed by atoms with van der Waals surface area (Å²) in [4.78, 5) is 24.9. The monoisotopic (exact) mass is 408 g/mol. The van der Waals surface area contributed by atoms with Gasteiger partial charge in [-0.25, -0.2) is 4.68 Å². The zero-order chi connectivity index (χ0) is 20.5. The molecule has 148 valence electrons. The number of benzene rings is 2. The molecule has 2 amide bonds. The van der Waals surface area contributed by atoms with Crippen molar-refractivity contribution in [2.45, 2.75) is 26.7 Å². The van der Waals surface area contributed by atoms with Gasteiger partial charge in [-0.05, 0) is 62.6 Å². The van der Waals surface area contributed by atoms with Crippen molar-refractivity contribution in [3.05, 3.63) is 70.5 Å². The highest BCUT2D eigenvalue weighted by Crippen LogP contribution is 2.31. The molecule has 0 saturated heterocycles. The Labute approximate surface area is 173 Å². The highest BCUT2D eigenvalue weighted by Gasteiger charge is 2.29. The molecule has 0 spiro atoms. The van der Waals surface area contributed by atoms with Crippen molar-refractivity contribution in [3.8, 4) is 5.69 Å². The van der Waals surface area contributed by atoms with Crippen LogP contribution in [0.1, 0.15) is 34.5 Å². The van der Waals surface area contributed by atoms with E-state index in [2.05, 4.69) is 15.7 Å². The normalized spacial score (nSPS) is 13.2. The first-order chi connectivity index (χ1) is 13.9. The second-order valence-corrected chi connectivity index (χ2v) is 7.72. The van der Waals surface area contributed by atoms with Crippen LogP contribution in [0.5, 0.6) is 0 Å². The van der Waals surface area contributed by atoms with E-state index in [-0.39, 0.29) is 17.7 Å². The summed E-state index contributed by atoms with van der Waals surface area (Å²) in [6.07, 6.45) is 3.42. The maximum atomic E-state index is 12.9. The molecule has 1 aliphatic rings. The number of aromatic nitrogens is 2. The number of carbonyl (C=O) groups is 2. The van der Waals surface area contributed by atoms with Gasteiger partial charge in [0.1, 0.15) is 0 Å². The molecular weight excluding hydrogens is 388 g/mol. The first kappa shape index (κ1) is 19.2. The Morgan fingerprint density at radius 1 is 1.10 bits per heavy atom.